The first-order valence-electron chi connectivity index (χ1n) is 9.76. The number of rotatable bonds is 2. The Balaban J connectivity index is 2.34. The quantitative estimate of drug-likeness (QED) is 0.680. The summed E-state index contributed by atoms with van der Waals surface area (Å²) in [6, 6.07) is 5.28. The van der Waals surface area contributed by atoms with E-state index in [-0.39, 0.29) is 10.7 Å². The van der Waals surface area contributed by atoms with Gasteiger partial charge in [-0.2, -0.15) is 4.90 Å². The van der Waals surface area contributed by atoms with Crippen LogP contribution in [0, 0.1) is 0 Å². The average molecular weight is 426 g/mol. The monoisotopic (exact) mass is 425 g/mol. The Morgan fingerprint density at radius 2 is 1.41 bits per heavy atom. The number of nitrogens with zero attached hydrogens (tertiary/aromatic N) is 3. The van der Waals surface area contributed by atoms with E-state index in [2.05, 4.69) is 16.8 Å². The fourth-order valence-electron chi connectivity index (χ4n) is 2.82. The first kappa shape index (κ1) is 23.3. The number of anilines is 2. The van der Waals surface area contributed by atoms with Gasteiger partial charge in [0.1, 0.15) is 11.2 Å². The van der Waals surface area contributed by atoms with Crippen molar-refractivity contribution in [2.45, 2.75) is 52.7 Å². The Hall–Kier alpha value is -1.99. The van der Waals surface area contributed by atoms with E-state index in [4.69, 9.17) is 21.1 Å². The number of piperazine rings is 1. The second kappa shape index (κ2) is 8.79. The number of likely N-dealkylation sites (N-methyl/N-ethyl adjacent to an activating group) is 1. The van der Waals surface area contributed by atoms with Gasteiger partial charge < -0.3 is 19.3 Å². The van der Waals surface area contributed by atoms with E-state index in [1.807, 2.05) is 6.07 Å². The SMILES string of the molecule is CN1CCN(c2ccc(N(C(=O)OC(C)(C)C)C(=O)OC(C)(C)C)c(Cl)c2)CC1. The van der Waals surface area contributed by atoms with Crippen LogP contribution < -0.4 is 9.80 Å². The van der Waals surface area contributed by atoms with Crippen LogP contribution in [0.15, 0.2) is 18.2 Å². The van der Waals surface area contributed by atoms with Crippen LogP contribution in [-0.2, 0) is 9.47 Å². The van der Waals surface area contributed by atoms with Crippen molar-refractivity contribution in [1.82, 2.24) is 4.90 Å². The molecule has 0 unspecified atom stereocenters. The molecule has 7 nitrogen and oxygen atoms in total. The molecule has 0 bridgehead atoms. The van der Waals surface area contributed by atoms with E-state index in [1.54, 1.807) is 53.7 Å². The molecule has 0 saturated carbocycles. The minimum absolute atomic E-state index is 0.230. The summed E-state index contributed by atoms with van der Waals surface area (Å²) < 4.78 is 10.8. The van der Waals surface area contributed by atoms with Crippen LogP contribution in [0.5, 0.6) is 0 Å². The molecule has 0 N–H and O–H groups in total. The van der Waals surface area contributed by atoms with Crippen LogP contribution in [0.25, 0.3) is 0 Å². The van der Waals surface area contributed by atoms with Crippen LogP contribution in [-0.4, -0.2) is 61.5 Å². The van der Waals surface area contributed by atoms with Gasteiger partial charge in [0, 0.05) is 31.9 Å². The van der Waals surface area contributed by atoms with Gasteiger partial charge in [-0.3, -0.25) is 0 Å². The maximum Gasteiger partial charge on any atom is 0.424 e. The number of benzene rings is 1. The molecule has 1 aromatic rings. The lowest BCUT2D eigenvalue weighted by molar-refractivity contribution is 0.0431. The molecule has 1 aromatic carbocycles. The first-order valence-corrected chi connectivity index (χ1v) is 10.1. The normalized spacial score (nSPS) is 15.8. The molecule has 2 rings (SSSR count). The first-order chi connectivity index (χ1) is 13.3. The molecule has 162 valence electrons. The minimum Gasteiger partial charge on any atom is -0.443 e. The van der Waals surface area contributed by atoms with E-state index in [0.29, 0.717) is 0 Å². The van der Waals surface area contributed by atoms with Crippen molar-refractivity contribution in [3.05, 3.63) is 23.2 Å². The number of hydrogen-bond acceptors (Lipinski definition) is 6. The number of ether oxygens (including phenoxy) is 2. The minimum atomic E-state index is -0.832. The van der Waals surface area contributed by atoms with Gasteiger partial charge in [0.05, 0.1) is 10.7 Å². The summed E-state index contributed by atoms with van der Waals surface area (Å²) >= 11 is 6.51. The lowest BCUT2D eigenvalue weighted by atomic mass is 10.2. The topological polar surface area (TPSA) is 62.3 Å². The molecule has 2 amide bonds. The summed E-state index contributed by atoms with van der Waals surface area (Å²) in [6.45, 7) is 14.1. The average Bonchev–Trinajstić information content (AvgIpc) is 2.54. The molecule has 1 fully saturated rings. The molecule has 0 aliphatic carbocycles. The zero-order valence-corrected chi connectivity index (χ0v) is 19.2. The lowest BCUT2D eigenvalue weighted by Crippen LogP contribution is -2.45. The molecular formula is C21H32ClN3O4. The van der Waals surface area contributed by atoms with E-state index < -0.39 is 23.4 Å². The Kier molecular flexibility index (Phi) is 7.06. The van der Waals surface area contributed by atoms with Gasteiger partial charge >= 0.3 is 12.2 Å². The number of halogens is 1. The number of hydrogen-bond donors (Lipinski definition) is 0. The number of carbonyl (C=O) groups excluding carboxylic acids is 2. The second-order valence-corrected chi connectivity index (χ2v) is 9.63. The zero-order chi connectivity index (χ0) is 22.0. The van der Waals surface area contributed by atoms with Gasteiger partial charge in [-0.15, -0.1) is 0 Å². The summed E-state index contributed by atoms with van der Waals surface area (Å²) in [6.07, 6.45) is -1.66. The molecule has 0 radical (unpaired) electrons. The van der Waals surface area contributed by atoms with Gasteiger partial charge in [0.15, 0.2) is 0 Å². The zero-order valence-electron chi connectivity index (χ0n) is 18.4. The summed E-state index contributed by atoms with van der Waals surface area (Å²) in [7, 11) is 2.09. The van der Waals surface area contributed by atoms with Crippen molar-refractivity contribution in [3.63, 3.8) is 0 Å². The van der Waals surface area contributed by atoms with Gasteiger partial charge in [-0.1, -0.05) is 11.6 Å². The van der Waals surface area contributed by atoms with Gasteiger partial charge in [-0.05, 0) is 66.8 Å². The smallest absolute Gasteiger partial charge is 0.424 e. The molecule has 29 heavy (non-hydrogen) atoms. The maximum absolute atomic E-state index is 12.8. The summed E-state index contributed by atoms with van der Waals surface area (Å²) in [5.41, 5.74) is -0.374. The molecule has 1 saturated heterocycles. The highest BCUT2D eigenvalue weighted by Gasteiger charge is 2.34. The predicted molar refractivity (Wildman–Crippen MR) is 116 cm³/mol. The molecular weight excluding hydrogens is 394 g/mol. The lowest BCUT2D eigenvalue weighted by Gasteiger charge is -2.34. The summed E-state index contributed by atoms with van der Waals surface area (Å²) in [4.78, 5) is 30.9. The van der Waals surface area contributed by atoms with Gasteiger partial charge in [0.2, 0.25) is 0 Å². The molecule has 0 aromatic heterocycles. The highest BCUT2D eigenvalue weighted by Crippen LogP contribution is 2.33. The second-order valence-electron chi connectivity index (χ2n) is 9.22. The van der Waals surface area contributed by atoms with E-state index in [0.717, 1.165) is 36.8 Å². The fraction of sp³-hybridized carbons (Fsp3) is 0.619. The molecule has 1 heterocycles. The van der Waals surface area contributed by atoms with E-state index in [9.17, 15) is 9.59 Å². The summed E-state index contributed by atoms with van der Waals surface area (Å²) in [5, 5.41) is 0.276. The highest BCUT2D eigenvalue weighted by molar-refractivity contribution is 6.35. The number of imide groups is 1. The Bertz CT molecular complexity index is 719. The third-order valence-corrected chi connectivity index (χ3v) is 4.50. The fourth-order valence-corrected chi connectivity index (χ4v) is 3.08. The molecule has 1 aliphatic rings. The van der Waals surface area contributed by atoms with Crippen molar-refractivity contribution < 1.29 is 19.1 Å². The van der Waals surface area contributed by atoms with Crippen LogP contribution in [0.3, 0.4) is 0 Å². The molecule has 0 spiro atoms. The van der Waals surface area contributed by atoms with Crippen molar-refractivity contribution in [3.8, 4) is 0 Å². The van der Waals surface area contributed by atoms with Crippen LogP contribution >= 0.6 is 11.6 Å². The summed E-state index contributed by atoms with van der Waals surface area (Å²) in [5.74, 6) is 0. The van der Waals surface area contributed by atoms with Crippen LogP contribution in [0.2, 0.25) is 5.02 Å². The van der Waals surface area contributed by atoms with Crippen molar-refractivity contribution >= 4 is 35.2 Å². The maximum atomic E-state index is 12.8. The van der Waals surface area contributed by atoms with Crippen molar-refractivity contribution in [1.29, 1.82) is 0 Å². The van der Waals surface area contributed by atoms with Crippen molar-refractivity contribution in [2.75, 3.05) is 43.0 Å². The van der Waals surface area contributed by atoms with Gasteiger partial charge in [0.25, 0.3) is 0 Å². The third kappa shape index (κ3) is 6.78. The standard InChI is InChI=1S/C21H32ClN3O4/c1-20(2,3)28-18(26)25(19(27)29-21(4,5)6)17-9-8-15(14-16(17)22)24-12-10-23(7)11-13-24/h8-9,14H,10-13H2,1-7H3. The Morgan fingerprint density at radius 3 is 1.83 bits per heavy atom. The van der Waals surface area contributed by atoms with Crippen LogP contribution in [0.4, 0.5) is 21.0 Å². The molecule has 8 heteroatoms. The van der Waals surface area contributed by atoms with Crippen molar-refractivity contribution in [2.24, 2.45) is 0 Å². The number of carbonyl (C=O) groups is 2. The Labute approximate surface area is 178 Å². The number of amides is 2. The van der Waals surface area contributed by atoms with Crippen LogP contribution in [0.1, 0.15) is 41.5 Å². The largest absolute Gasteiger partial charge is 0.443 e. The third-order valence-electron chi connectivity index (χ3n) is 4.19. The Morgan fingerprint density at radius 1 is 0.931 bits per heavy atom. The molecule has 0 atom stereocenters. The molecule has 1 aliphatic heterocycles. The predicted octanol–water partition coefficient (Wildman–Crippen LogP) is 4.77. The van der Waals surface area contributed by atoms with Gasteiger partial charge in [-0.25, -0.2) is 9.59 Å². The van der Waals surface area contributed by atoms with E-state index in [1.165, 1.54) is 0 Å². The van der Waals surface area contributed by atoms with E-state index >= 15 is 0 Å². The highest BCUT2D eigenvalue weighted by atomic mass is 35.5.